The third kappa shape index (κ3) is 9.15. The molecule has 184 valence electrons. The van der Waals surface area contributed by atoms with E-state index in [2.05, 4.69) is 19.1 Å². The Balaban J connectivity index is 1.74. The maximum absolute atomic E-state index is 13.5. The summed E-state index contributed by atoms with van der Waals surface area (Å²) in [4.78, 5) is 32.4. The number of nitrogens with zero attached hydrogens (tertiary/aromatic N) is 2. The molecular weight excluding hydrogens is 456 g/mol. The van der Waals surface area contributed by atoms with Crippen molar-refractivity contribution in [1.29, 1.82) is 0 Å². The van der Waals surface area contributed by atoms with Crippen molar-refractivity contribution in [1.82, 2.24) is 9.80 Å². The highest BCUT2D eigenvalue weighted by molar-refractivity contribution is 7.11. The summed E-state index contributed by atoms with van der Waals surface area (Å²) in [7, 11) is 0. The summed E-state index contributed by atoms with van der Waals surface area (Å²) in [5, 5.41) is 0. The molecule has 1 aromatic heterocycles. The maximum atomic E-state index is 13.5. The van der Waals surface area contributed by atoms with Gasteiger partial charge in [-0.05, 0) is 49.6 Å². The predicted octanol–water partition coefficient (Wildman–Crippen LogP) is 5.55. The zero-order valence-electron chi connectivity index (χ0n) is 20.6. The molecule has 0 aliphatic carbocycles. The summed E-state index contributed by atoms with van der Waals surface area (Å²) in [6.45, 7) is 6.70. The largest absolute Gasteiger partial charge is 0.382 e. The summed E-state index contributed by atoms with van der Waals surface area (Å²) in [5.74, 6) is -0.247. The minimum Gasteiger partial charge on any atom is -0.382 e. The first-order valence-corrected chi connectivity index (χ1v) is 12.8. The molecule has 0 atom stereocenters. The van der Waals surface area contributed by atoms with Gasteiger partial charge in [-0.1, -0.05) is 60.7 Å². The van der Waals surface area contributed by atoms with Gasteiger partial charge in [-0.25, -0.2) is 0 Å². The average Bonchev–Trinajstić information content (AvgIpc) is 3.29. The first kappa shape index (κ1) is 26.4. The lowest BCUT2D eigenvalue weighted by Crippen LogP contribution is -2.42. The number of amides is 2. The Labute approximate surface area is 212 Å². The molecule has 2 amide bonds. The van der Waals surface area contributed by atoms with Crippen LogP contribution in [-0.4, -0.2) is 47.9 Å². The smallest absolute Gasteiger partial charge is 0.247 e. The van der Waals surface area contributed by atoms with E-state index in [1.54, 1.807) is 28.4 Å². The lowest BCUT2D eigenvalue weighted by molar-refractivity contribution is -0.139. The second-order valence-electron chi connectivity index (χ2n) is 8.30. The standard InChI is InChI=1S/C29H34N2O3S/c1-3-34-20-10-19-30(28(32)18-16-25-11-6-4-7-12-25)23-29(33)31(21-26-13-8-5-9-14-26)22-27-17-15-24(2)35-27/h4-9,11-18H,3,10,19-23H2,1-2H3/b18-16+. The Morgan fingerprint density at radius 3 is 2.29 bits per heavy atom. The zero-order valence-corrected chi connectivity index (χ0v) is 21.4. The average molecular weight is 491 g/mol. The molecule has 0 aliphatic heterocycles. The molecule has 0 saturated carbocycles. The van der Waals surface area contributed by atoms with Crippen LogP contribution in [0.5, 0.6) is 0 Å². The van der Waals surface area contributed by atoms with Gasteiger partial charge < -0.3 is 14.5 Å². The molecule has 6 heteroatoms. The van der Waals surface area contributed by atoms with Crippen LogP contribution >= 0.6 is 11.3 Å². The van der Waals surface area contributed by atoms with Crippen LogP contribution < -0.4 is 0 Å². The van der Waals surface area contributed by atoms with Gasteiger partial charge in [0, 0.05) is 42.1 Å². The summed E-state index contributed by atoms with van der Waals surface area (Å²) in [5.41, 5.74) is 2.01. The second-order valence-corrected chi connectivity index (χ2v) is 9.67. The lowest BCUT2D eigenvalue weighted by atomic mass is 10.2. The molecule has 0 aliphatic rings. The fraction of sp³-hybridized carbons (Fsp3) is 0.310. The van der Waals surface area contributed by atoms with Gasteiger partial charge in [0.05, 0.1) is 6.54 Å². The van der Waals surface area contributed by atoms with Gasteiger partial charge in [-0.3, -0.25) is 9.59 Å². The number of carbonyl (C=O) groups excluding carboxylic acids is 2. The number of rotatable bonds is 13. The molecule has 0 unspecified atom stereocenters. The van der Waals surface area contributed by atoms with E-state index in [9.17, 15) is 9.59 Å². The molecular formula is C29H34N2O3S. The van der Waals surface area contributed by atoms with Crippen molar-refractivity contribution in [3.8, 4) is 0 Å². The van der Waals surface area contributed by atoms with Crippen molar-refractivity contribution < 1.29 is 14.3 Å². The molecule has 0 fully saturated rings. The first-order chi connectivity index (χ1) is 17.0. The molecule has 0 radical (unpaired) electrons. The van der Waals surface area contributed by atoms with Crippen LogP contribution in [-0.2, 0) is 27.4 Å². The van der Waals surface area contributed by atoms with E-state index < -0.39 is 0 Å². The summed E-state index contributed by atoms with van der Waals surface area (Å²) >= 11 is 1.69. The van der Waals surface area contributed by atoms with Gasteiger partial charge in [0.15, 0.2) is 0 Å². The summed E-state index contributed by atoms with van der Waals surface area (Å²) < 4.78 is 5.46. The molecule has 0 spiro atoms. The quantitative estimate of drug-likeness (QED) is 0.233. The van der Waals surface area contributed by atoms with Crippen molar-refractivity contribution in [3.05, 3.63) is 99.8 Å². The number of aryl methyl sites for hydroxylation is 1. The topological polar surface area (TPSA) is 49.9 Å². The fourth-order valence-electron chi connectivity index (χ4n) is 3.66. The lowest BCUT2D eigenvalue weighted by Gasteiger charge is -2.27. The minimum absolute atomic E-state index is 0.0290. The number of carbonyl (C=O) groups is 2. The van der Waals surface area contributed by atoms with Gasteiger partial charge >= 0.3 is 0 Å². The van der Waals surface area contributed by atoms with Crippen LogP contribution in [0.3, 0.4) is 0 Å². The Bertz CT molecular complexity index is 1080. The molecule has 0 bridgehead atoms. The molecule has 1 heterocycles. The van der Waals surface area contributed by atoms with E-state index in [0.717, 1.165) is 16.0 Å². The third-order valence-electron chi connectivity index (χ3n) is 5.49. The molecule has 3 aromatic rings. The van der Waals surface area contributed by atoms with Crippen LogP contribution in [0.4, 0.5) is 0 Å². The zero-order chi connectivity index (χ0) is 24.9. The van der Waals surface area contributed by atoms with Crippen molar-refractivity contribution in [3.63, 3.8) is 0 Å². The Hall–Kier alpha value is -3.22. The Morgan fingerprint density at radius 1 is 0.914 bits per heavy atom. The van der Waals surface area contributed by atoms with Gasteiger partial charge in [0.2, 0.25) is 11.8 Å². The molecule has 5 nitrogen and oxygen atoms in total. The molecule has 3 rings (SSSR count). The maximum Gasteiger partial charge on any atom is 0.247 e. The van der Waals surface area contributed by atoms with E-state index >= 15 is 0 Å². The van der Waals surface area contributed by atoms with Crippen LogP contribution in [0, 0.1) is 6.92 Å². The molecule has 35 heavy (non-hydrogen) atoms. The summed E-state index contributed by atoms with van der Waals surface area (Å²) in [6, 6.07) is 23.8. The Kier molecular flexibility index (Phi) is 10.7. The predicted molar refractivity (Wildman–Crippen MR) is 143 cm³/mol. The van der Waals surface area contributed by atoms with E-state index in [4.69, 9.17) is 4.74 Å². The van der Waals surface area contributed by atoms with Gasteiger partial charge in [-0.15, -0.1) is 11.3 Å². The minimum atomic E-state index is -0.176. The van der Waals surface area contributed by atoms with Gasteiger partial charge in [0.25, 0.3) is 0 Å². The van der Waals surface area contributed by atoms with Gasteiger partial charge in [0.1, 0.15) is 6.54 Å². The first-order valence-electron chi connectivity index (χ1n) is 12.0. The SMILES string of the molecule is CCOCCCN(CC(=O)N(Cc1ccccc1)Cc1ccc(C)s1)C(=O)/C=C/c1ccccc1. The number of hydrogen-bond acceptors (Lipinski definition) is 4. The number of hydrogen-bond donors (Lipinski definition) is 0. The van der Waals surface area contributed by atoms with Crippen molar-refractivity contribution in [2.75, 3.05) is 26.3 Å². The highest BCUT2D eigenvalue weighted by Crippen LogP contribution is 2.19. The monoisotopic (exact) mass is 490 g/mol. The highest BCUT2D eigenvalue weighted by atomic mass is 32.1. The number of ether oxygens (including phenoxy) is 1. The third-order valence-corrected chi connectivity index (χ3v) is 6.47. The van der Waals surface area contributed by atoms with Crippen LogP contribution in [0.1, 0.15) is 34.2 Å². The van der Waals surface area contributed by atoms with Crippen molar-refractivity contribution in [2.45, 2.75) is 33.4 Å². The van der Waals surface area contributed by atoms with Crippen molar-refractivity contribution >= 4 is 29.2 Å². The normalized spacial score (nSPS) is 11.0. The fourth-order valence-corrected chi connectivity index (χ4v) is 4.57. The molecule has 2 aromatic carbocycles. The number of benzene rings is 2. The van der Waals surface area contributed by atoms with Gasteiger partial charge in [-0.2, -0.15) is 0 Å². The van der Waals surface area contributed by atoms with E-state index in [1.165, 1.54) is 4.88 Å². The van der Waals surface area contributed by atoms with Crippen molar-refractivity contribution in [2.24, 2.45) is 0 Å². The molecule has 0 N–H and O–H groups in total. The highest BCUT2D eigenvalue weighted by Gasteiger charge is 2.21. The Morgan fingerprint density at radius 2 is 1.63 bits per heavy atom. The van der Waals surface area contributed by atoms with E-state index in [1.807, 2.05) is 72.5 Å². The van der Waals surface area contributed by atoms with Crippen LogP contribution in [0.15, 0.2) is 78.9 Å². The van der Waals surface area contributed by atoms with Crippen LogP contribution in [0.25, 0.3) is 6.08 Å². The van der Waals surface area contributed by atoms with E-state index in [-0.39, 0.29) is 18.4 Å². The molecule has 0 saturated heterocycles. The number of thiophene rings is 1. The summed E-state index contributed by atoms with van der Waals surface area (Å²) in [6.07, 6.45) is 4.01. The van der Waals surface area contributed by atoms with Crippen LogP contribution in [0.2, 0.25) is 0 Å². The van der Waals surface area contributed by atoms with E-state index in [0.29, 0.717) is 39.3 Å². The second kappa shape index (κ2) is 14.2.